The fraction of sp³-hybridized carbons (Fsp3) is 0.533. The lowest BCUT2D eigenvalue weighted by Gasteiger charge is -2.24. The predicted octanol–water partition coefficient (Wildman–Crippen LogP) is 2.84. The molecule has 0 spiro atoms. The Bertz CT molecular complexity index is 535. The van der Waals surface area contributed by atoms with Crippen LogP contribution in [0.3, 0.4) is 0 Å². The summed E-state index contributed by atoms with van der Waals surface area (Å²) in [6.45, 7) is 0.613. The molecule has 1 aliphatic rings. The Hall–Kier alpha value is -0.880. The van der Waals surface area contributed by atoms with Gasteiger partial charge in [-0.05, 0) is 38.9 Å². The quantitative estimate of drug-likeness (QED) is 0.740. The summed E-state index contributed by atoms with van der Waals surface area (Å²) in [6, 6.07) is 3.48. The van der Waals surface area contributed by atoms with Gasteiger partial charge in [0, 0.05) is 18.7 Å². The minimum Gasteiger partial charge on any atom is -0.496 e. The Morgan fingerprint density at radius 1 is 1.43 bits per heavy atom. The van der Waals surface area contributed by atoms with E-state index < -0.39 is 0 Å². The number of halogens is 3. The molecule has 1 fully saturated rings. The fourth-order valence-electron chi connectivity index (χ4n) is 2.46. The molecule has 1 atom stereocenters. The minimum atomic E-state index is -0.193. The average molecular weight is 385 g/mol. The lowest BCUT2D eigenvalue weighted by molar-refractivity contribution is 0.0936. The van der Waals surface area contributed by atoms with E-state index in [1.807, 2.05) is 14.1 Å². The van der Waals surface area contributed by atoms with Crippen molar-refractivity contribution in [1.82, 2.24) is 10.2 Å². The lowest BCUT2D eigenvalue weighted by Crippen LogP contribution is -2.41. The van der Waals surface area contributed by atoms with E-state index in [2.05, 4.69) is 10.2 Å². The van der Waals surface area contributed by atoms with Crippen molar-refractivity contribution in [3.63, 3.8) is 0 Å². The number of nitrogens with two attached hydrogens (primary N) is 1. The van der Waals surface area contributed by atoms with Crippen LogP contribution in [0, 0.1) is 5.92 Å². The average Bonchev–Trinajstić information content (AvgIpc) is 3.25. The number of rotatable bonds is 6. The van der Waals surface area contributed by atoms with E-state index in [-0.39, 0.29) is 30.7 Å². The molecule has 0 bridgehead atoms. The molecule has 1 aliphatic carbocycles. The van der Waals surface area contributed by atoms with E-state index in [9.17, 15) is 4.79 Å². The third-order valence-corrected chi connectivity index (χ3v) is 4.19. The van der Waals surface area contributed by atoms with E-state index >= 15 is 0 Å². The van der Waals surface area contributed by atoms with Gasteiger partial charge in [0.25, 0.3) is 5.91 Å². The molecule has 132 valence electrons. The summed E-state index contributed by atoms with van der Waals surface area (Å²) in [5.41, 5.74) is 6.53. The highest BCUT2D eigenvalue weighted by molar-refractivity contribution is 6.33. The van der Waals surface area contributed by atoms with Crippen LogP contribution >= 0.6 is 36.4 Å². The summed E-state index contributed by atoms with van der Waals surface area (Å²) in [7, 11) is 5.58. The predicted molar refractivity (Wildman–Crippen MR) is 99.4 cm³/mol. The minimum absolute atomic E-state index is 0. The standard InChI is InChI=1S/C15H22ClN3O2.2ClH/c1-19(2)13(9-4-5-9)8-18-15(20)10-6-11(16)12(17)7-14(10)21-3;;/h6-7,9,13H,4-5,8,17H2,1-3H3,(H,18,20);2*1H. The van der Waals surface area contributed by atoms with Gasteiger partial charge in [-0.15, -0.1) is 24.8 Å². The molecule has 8 heteroatoms. The van der Waals surface area contributed by atoms with Gasteiger partial charge in [-0.3, -0.25) is 4.79 Å². The first-order chi connectivity index (χ1) is 9.93. The van der Waals surface area contributed by atoms with Crippen LogP contribution in [-0.4, -0.2) is 44.6 Å². The van der Waals surface area contributed by atoms with E-state index in [0.717, 1.165) is 0 Å². The molecule has 0 aromatic heterocycles. The van der Waals surface area contributed by atoms with Gasteiger partial charge >= 0.3 is 0 Å². The number of benzene rings is 1. The number of hydrogen-bond donors (Lipinski definition) is 2. The SMILES string of the molecule is COc1cc(N)c(Cl)cc1C(=O)NCC(C1CC1)N(C)C.Cl.Cl. The van der Waals surface area contributed by atoms with E-state index in [1.165, 1.54) is 20.0 Å². The summed E-state index contributed by atoms with van der Waals surface area (Å²) in [5, 5.41) is 3.32. The summed E-state index contributed by atoms with van der Waals surface area (Å²) in [5.74, 6) is 0.917. The van der Waals surface area contributed by atoms with Gasteiger partial charge in [-0.1, -0.05) is 11.6 Å². The first kappa shape index (κ1) is 22.1. The Morgan fingerprint density at radius 2 is 2.04 bits per heavy atom. The zero-order valence-corrected chi connectivity index (χ0v) is 15.9. The van der Waals surface area contributed by atoms with Crippen molar-refractivity contribution in [1.29, 1.82) is 0 Å². The van der Waals surface area contributed by atoms with Gasteiger partial charge in [0.05, 0.1) is 23.4 Å². The van der Waals surface area contributed by atoms with Crippen LogP contribution in [0.5, 0.6) is 5.75 Å². The molecule has 0 saturated heterocycles. The number of carbonyl (C=O) groups excluding carboxylic acids is 1. The summed E-state index contributed by atoms with van der Waals surface area (Å²) in [6.07, 6.45) is 2.46. The number of methoxy groups -OCH3 is 1. The zero-order chi connectivity index (χ0) is 15.6. The van der Waals surface area contributed by atoms with Gasteiger partial charge in [-0.2, -0.15) is 0 Å². The highest BCUT2D eigenvalue weighted by Crippen LogP contribution is 2.34. The van der Waals surface area contributed by atoms with Crippen LogP contribution in [0.15, 0.2) is 12.1 Å². The Morgan fingerprint density at radius 3 is 2.52 bits per heavy atom. The second kappa shape index (κ2) is 9.42. The molecular formula is C15H24Cl3N3O2. The Labute approximate surface area is 154 Å². The molecule has 3 N–H and O–H groups in total. The molecule has 23 heavy (non-hydrogen) atoms. The van der Waals surface area contributed by atoms with Gasteiger partial charge in [0.1, 0.15) is 5.75 Å². The number of nitrogens with one attached hydrogen (secondary N) is 1. The maximum atomic E-state index is 12.3. The first-order valence-electron chi connectivity index (χ1n) is 7.01. The number of hydrogen-bond acceptors (Lipinski definition) is 4. The highest BCUT2D eigenvalue weighted by atomic mass is 35.5. The summed E-state index contributed by atoms with van der Waals surface area (Å²) < 4.78 is 5.21. The van der Waals surface area contributed by atoms with Gasteiger partial charge in [0.15, 0.2) is 0 Å². The number of amides is 1. The van der Waals surface area contributed by atoms with Crippen molar-refractivity contribution in [3.8, 4) is 5.75 Å². The molecule has 0 heterocycles. The number of likely N-dealkylation sites (N-methyl/N-ethyl adjacent to an activating group) is 1. The van der Waals surface area contributed by atoms with Crippen molar-refractivity contribution in [3.05, 3.63) is 22.7 Å². The summed E-state index contributed by atoms with van der Waals surface area (Å²) >= 11 is 5.99. The summed E-state index contributed by atoms with van der Waals surface area (Å²) in [4.78, 5) is 14.5. The van der Waals surface area contributed by atoms with E-state index in [4.69, 9.17) is 22.1 Å². The molecule has 5 nitrogen and oxygen atoms in total. The number of carbonyl (C=O) groups is 1. The molecule has 1 saturated carbocycles. The second-order valence-corrected chi connectivity index (χ2v) is 6.06. The first-order valence-corrected chi connectivity index (χ1v) is 7.39. The fourth-order valence-corrected chi connectivity index (χ4v) is 2.62. The molecule has 1 unspecified atom stereocenters. The Kier molecular flexibility index (Phi) is 9.06. The second-order valence-electron chi connectivity index (χ2n) is 5.65. The molecule has 0 aliphatic heterocycles. The number of nitrogens with zero attached hydrogens (tertiary/aromatic N) is 1. The van der Waals surface area contributed by atoms with Crippen LogP contribution < -0.4 is 15.8 Å². The largest absolute Gasteiger partial charge is 0.496 e. The molecule has 0 radical (unpaired) electrons. The lowest BCUT2D eigenvalue weighted by atomic mass is 10.1. The number of ether oxygens (including phenoxy) is 1. The van der Waals surface area contributed by atoms with Crippen LogP contribution in [0.1, 0.15) is 23.2 Å². The molecule has 1 aromatic rings. The molecule has 2 rings (SSSR count). The highest BCUT2D eigenvalue weighted by Gasteiger charge is 2.32. The number of anilines is 1. The monoisotopic (exact) mass is 383 g/mol. The van der Waals surface area contributed by atoms with Crippen molar-refractivity contribution in [2.75, 3.05) is 33.5 Å². The van der Waals surface area contributed by atoms with Crippen molar-refractivity contribution in [2.45, 2.75) is 18.9 Å². The zero-order valence-electron chi connectivity index (χ0n) is 13.5. The molecule has 1 amide bonds. The van der Waals surface area contributed by atoms with Crippen LogP contribution in [-0.2, 0) is 0 Å². The third-order valence-electron chi connectivity index (χ3n) is 3.86. The molecular weight excluding hydrogens is 361 g/mol. The van der Waals surface area contributed by atoms with Crippen LogP contribution in [0.2, 0.25) is 5.02 Å². The van der Waals surface area contributed by atoms with E-state index in [1.54, 1.807) is 12.1 Å². The maximum absolute atomic E-state index is 12.3. The third kappa shape index (κ3) is 5.60. The van der Waals surface area contributed by atoms with Gasteiger partial charge in [-0.25, -0.2) is 0 Å². The van der Waals surface area contributed by atoms with Gasteiger partial charge < -0.3 is 20.7 Å². The maximum Gasteiger partial charge on any atom is 0.255 e. The smallest absolute Gasteiger partial charge is 0.255 e. The Balaban J connectivity index is 0.00000242. The van der Waals surface area contributed by atoms with Crippen LogP contribution in [0.25, 0.3) is 0 Å². The van der Waals surface area contributed by atoms with Gasteiger partial charge in [0.2, 0.25) is 0 Å². The topological polar surface area (TPSA) is 67.6 Å². The normalized spacial score (nSPS) is 14.5. The molecule has 1 aromatic carbocycles. The van der Waals surface area contributed by atoms with Crippen molar-refractivity contribution >= 4 is 48.0 Å². The van der Waals surface area contributed by atoms with E-state index in [0.29, 0.717) is 40.5 Å². The van der Waals surface area contributed by atoms with Crippen molar-refractivity contribution < 1.29 is 9.53 Å². The van der Waals surface area contributed by atoms with Crippen LogP contribution in [0.4, 0.5) is 5.69 Å². The number of nitrogen functional groups attached to an aromatic ring is 1. The van der Waals surface area contributed by atoms with Crippen molar-refractivity contribution in [2.24, 2.45) is 5.92 Å².